The van der Waals surface area contributed by atoms with Gasteiger partial charge in [-0.3, -0.25) is 0 Å². The molecule has 0 saturated heterocycles. The van der Waals surface area contributed by atoms with Crippen molar-refractivity contribution in [2.75, 3.05) is 18.5 Å². The molecule has 1 aliphatic heterocycles. The van der Waals surface area contributed by atoms with Gasteiger partial charge in [0.05, 0.1) is 0 Å². The van der Waals surface area contributed by atoms with Gasteiger partial charge in [-0.05, 0) is 43.4 Å². The van der Waals surface area contributed by atoms with Crippen molar-refractivity contribution >= 4 is 5.69 Å². The van der Waals surface area contributed by atoms with E-state index < -0.39 is 0 Å². The highest BCUT2D eigenvalue weighted by Gasteiger charge is 2.25. The average molecular weight is 258 g/mol. The van der Waals surface area contributed by atoms with Gasteiger partial charge >= 0.3 is 0 Å². The number of fused-ring (bicyclic) bond motifs is 1. The van der Waals surface area contributed by atoms with E-state index in [4.69, 9.17) is 0 Å². The van der Waals surface area contributed by atoms with Crippen LogP contribution in [0.15, 0.2) is 18.2 Å². The number of likely N-dealkylation sites (N-methyl/N-ethyl adjacent to an activating group) is 1. The van der Waals surface area contributed by atoms with Crippen molar-refractivity contribution in [1.29, 1.82) is 0 Å². The second kappa shape index (κ2) is 5.16. The monoisotopic (exact) mass is 258 g/mol. The Labute approximate surface area is 117 Å². The molecule has 2 nitrogen and oxygen atoms in total. The van der Waals surface area contributed by atoms with Gasteiger partial charge in [0.15, 0.2) is 0 Å². The van der Waals surface area contributed by atoms with Gasteiger partial charge in [0.1, 0.15) is 0 Å². The van der Waals surface area contributed by atoms with Gasteiger partial charge in [-0.1, -0.05) is 31.4 Å². The van der Waals surface area contributed by atoms with Crippen molar-refractivity contribution in [3.8, 4) is 0 Å². The number of benzene rings is 1. The highest BCUT2D eigenvalue weighted by Crippen LogP contribution is 2.29. The second-order valence-corrected chi connectivity index (χ2v) is 6.61. The molecule has 1 aromatic carbocycles. The average Bonchev–Trinajstić information content (AvgIpc) is 2.79. The topological polar surface area (TPSA) is 15.3 Å². The minimum absolute atomic E-state index is 0.369. The minimum atomic E-state index is 0.369. The molecule has 0 unspecified atom stereocenters. The van der Waals surface area contributed by atoms with Crippen LogP contribution in [0, 0.1) is 0 Å². The first-order chi connectivity index (χ1) is 9.16. The molecule has 0 aromatic heterocycles. The van der Waals surface area contributed by atoms with E-state index in [1.54, 1.807) is 0 Å². The third-order valence-corrected chi connectivity index (χ3v) is 4.95. The number of nitrogens with zero attached hydrogens (tertiary/aromatic N) is 1. The van der Waals surface area contributed by atoms with Crippen LogP contribution in [0.4, 0.5) is 5.69 Å². The Morgan fingerprint density at radius 1 is 1.21 bits per heavy atom. The van der Waals surface area contributed by atoms with E-state index in [2.05, 4.69) is 42.4 Å². The molecular formula is C17H26N2. The maximum Gasteiger partial charge on any atom is 0.0397 e. The molecule has 1 saturated carbocycles. The summed E-state index contributed by atoms with van der Waals surface area (Å²) in [6.45, 7) is 4.59. The SMILES string of the molecule is CN1CCc2cc(CNC3(C)CCCCC3)ccc21. The number of nitrogens with one attached hydrogen (secondary N) is 1. The molecule has 1 N–H and O–H groups in total. The normalized spacial score (nSPS) is 21.5. The fourth-order valence-corrected chi connectivity index (χ4v) is 3.55. The van der Waals surface area contributed by atoms with Crippen molar-refractivity contribution in [2.45, 2.75) is 57.5 Å². The van der Waals surface area contributed by atoms with Crippen LogP contribution < -0.4 is 10.2 Å². The predicted molar refractivity (Wildman–Crippen MR) is 81.7 cm³/mol. The minimum Gasteiger partial charge on any atom is -0.374 e. The van der Waals surface area contributed by atoms with Crippen molar-refractivity contribution in [3.63, 3.8) is 0 Å². The summed E-state index contributed by atoms with van der Waals surface area (Å²) in [7, 11) is 2.19. The fraction of sp³-hybridized carbons (Fsp3) is 0.647. The molecule has 104 valence electrons. The first-order valence-corrected chi connectivity index (χ1v) is 7.74. The van der Waals surface area contributed by atoms with Crippen LogP contribution >= 0.6 is 0 Å². The molecule has 0 bridgehead atoms. The van der Waals surface area contributed by atoms with Crippen molar-refractivity contribution in [1.82, 2.24) is 5.32 Å². The highest BCUT2D eigenvalue weighted by atomic mass is 15.1. The van der Waals surface area contributed by atoms with Crippen molar-refractivity contribution in [3.05, 3.63) is 29.3 Å². The van der Waals surface area contributed by atoms with E-state index in [-0.39, 0.29) is 0 Å². The van der Waals surface area contributed by atoms with Gasteiger partial charge in [-0.2, -0.15) is 0 Å². The number of rotatable bonds is 3. The third-order valence-electron chi connectivity index (χ3n) is 4.95. The summed E-state index contributed by atoms with van der Waals surface area (Å²) in [6, 6.07) is 6.99. The lowest BCUT2D eigenvalue weighted by molar-refractivity contribution is 0.252. The molecule has 1 fully saturated rings. The second-order valence-electron chi connectivity index (χ2n) is 6.61. The predicted octanol–water partition coefficient (Wildman–Crippen LogP) is 3.49. The Balaban J connectivity index is 1.64. The lowest BCUT2D eigenvalue weighted by atomic mass is 9.83. The summed E-state index contributed by atoms with van der Waals surface area (Å²) < 4.78 is 0. The zero-order valence-electron chi connectivity index (χ0n) is 12.3. The van der Waals surface area contributed by atoms with Crippen LogP contribution in [0.3, 0.4) is 0 Å². The molecule has 0 atom stereocenters. The number of hydrogen-bond acceptors (Lipinski definition) is 2. The first-order valence-electron chi connectivity index (χ1n) is 7.74. The van der Waals surface area contributed by atoms with E-state index >= 15 is 0 Å². The van der Waals surface area contributed by atoms with E-state index in [0.717, 1.165) is 6.54 Å². The standard InChI is InChI=1S/C17H26N2/c1-17(9-4-3-5-10-17)18-13-14-6-7-16-15(12-14)8-11-19(16)2/h6-7,12,18H,3-5,8-11,13H2,1-2H3. The maximum atomic E-state index is 3.80. The van der Waals surface area contributed by atoms with Gasteiger partial charge < -0.3 is 10.2 Å². The van der Waals surface area contributed by atoms with Gasteiger partial charge in [-0.15, -0.1) is 0 Å². The van der Waals surface area contributed by atoms with Crippen LogP contribution in [0.2, 0.25) is 0 Å². The van der Waals surface area contributed by atoms with Crippen LogP contribution in [0.1, 0.15) is 50.2 Å². The zero-order valence-corrected chi connectivity index (χ0v) is 12.3. The molecule has 2 aliphatic rings. The molecule has 2 heteroatoms. The van der Waals surface area contributed by atoms with Gasteiger partial charge in [-0.25, -0.2) is 0 Å². The number of hydrogen-bond donors (Lipinski definition) is 1. The zero-order chi connectivity index (χ0) is 13.3. The molecule has 1 aromatic rings. The Morgan fingerprint density at radius 3 is 2.79 bits per heavy atom. The van der Waals surface area contributed by atoms with Gasteiger partial charge in [0.2, 0.25) is 0 Å². The smallest absolute Gasteiger partial charge is 0.0397 e. The lowest BCUT2D eigenvalue weighted by Gasteiger charge is -2.35. The van der Waals surface area contributed by atoms with Crippen LogP contribution in [0.5, 0.6) is 0 Å². The maximum absolute atomic E-state index is 3.80. The molecule has 0 spiro atoms. The molecule has 3 rings (SSSR count). The lowest BCUT2D eigenvalue weighted by Crippen LogP contribution is -2.43. The Kier molecular flexibility index (Phi) is 3.53. The van der Waals surface area contributed by atoms with E-state index in [1.165, 1.54) is 61.9 Å². The molecule has 19 heavy (non-hydrogen) atoms. The highest BCUT2D eigenvalue weighted by molar-refractivity contribution is 5.58. The Bertz CT molecular complexity index is 447. The van der Waals surface area contributed by atoms with E-state index in [0.29, 0.717) is 5.54 Å². The fourth-order valence-electron chi connectivity index (χ4n) is 3.55. The molecule has 0 amide bonds. The van der Waals surface area contributed by atoms with E-state index in [9.17, 15) is 0 Å². The van der Waals surface area contributed by atoms with Crippen LogP contribution in [-0.2, 0) is 13.0 Å². The van der Waals surface area contributed by atoms with Crippen LogP contribution in [0.25, 0.3) is 0 Å². The van der Waals surface area contributed by atoms with Crippen molar-refractivity contribution in [2.24, 2.45) is 0 Å². The first kappa shape index (κ1) is 13.0. The van der Waals surface area contributed by atoms with Crippen molar-refractivity contribution < 1.29 is 0 Å². The Morgan fingerprint density at radius 2 is 2.00 bits per heavy atom. The largest absolute Gasteiger partial charge is 0.374 e. The molecular weight excluding hydrogens is 232 g/mol. The van der Waals surface area contributed by atoms with Crippen LogP contribution in [-0.4, -0.2) is 19.1 Å². The summed E-state index contributed by atoms with van der Waals surface area (Å²) in [4.78, 5) is 2.36. The Hall–Kier alpha value is -1.02. The summed E-state index contributed by atoms with van der Waals surface area (Å²) in [6.07, 6.45) is 8.07. The molecule has 1 heterocycles. The summed E-state index contributed by atoms with van der Waals surface area (Å²) in [5, 5.41) is 3.80. The molecule has 1 aliphatic carbocycles. The van der Waals surface area contributed by atoms with Gasteiger partial charge in [0, 0.05) is 31.4 Å². The summed E-state index contributed by atoms with van der Waals surface area (Å²) in [5.74, 6) is 0. The van der Waals surface area contributed by atoms with E-state index in [1.807, 2.05) is 0 Å². The quantitative estimate of drug-likeness (QED) is 0.893. The van der Waals surface area contributed by atoms with Gasteiger partial charge in [0.25, 0.3) is 0 Å². The third kappa shape index (κ3) is 2.79. The molecule has 0 radical (unpaired) electrons. The summed E-state index contributed by atoms with van der Waals surface area (Å²) >= 11 is 0. The number of anilines is 1. The summed E-state index contributed by atoms with van der Waals surface area (Å²) in [5.41, 5.74) is 4.76.